The van der Waals surface area contributed by atoms with Gasteiger partial charge in [0.1, 0.15) is 0 Å². The van der Waals surface area contributed by atoms with E-state index in [1.807, 2.05) is 11.8 Å². The molecule has 3 rings (SSSR count). The average molecular weight is 371 g/mol. The number of thioether (sulfide) groups is 1. The van der Waals surface area contributed by atoms with Crippen LogP contribution in [0.2, 0.25) is 0 Å². The van der Waals surface area contributed by atoms with Crippen LogP contribution < -0.4 is 11.3 Å². The van der Waals surface area contributed by atoms with Crippen molar-refractivity contribution in [3.63, 3.8) is 0 Å². The third-order valence-electron chi connectivity index (χ3n) is 4.79. The van der Waals surface area contributed by atoms with Crippen LogP contribution in [0.3, 0.4) is 0 Å². The zero-order valence-electron chi connectivity index (χ0n) is 12.2. The lowest BCUT2D eigenvalue weighted by Gasteiger charge is -2.45. The zero-order valence-corrected chi connectivity index (χ0v) is 14.6. The lowest BCUT2D eigenvalue weighted by molar-refractivity contribution is -0.107. The number of hydrogen-bond acceptors (Lipinski definition) is 4. The molecule has 1 spiro atoms. The lowest BCUT2D eigenvalue weighted by Crippen LogP contribution is -2.46. The summed E-state index contributed by atoms with van der Waals surface area (Å²) in [5, 5.41) is 0. The Balaban J connectivity index is 1.77. The quantitative estimate of drug-likeness (QED) is 0.629. The van der Waals surface area contributed by atoms with Crippen molar-refractivity contribution in [1.29, 1.82) is 0 Å². The first-order chi connectivity index (χ1) is 10.2. The molecule has 2 unspecified atom stereocenters. The Bertz CT molecular complexity index is 474. The van der Waals surface area contributed by atoms with Crippen molar-refractivity contribution in [2.75, 3.05) is 18.1 Å². The molecule has 1 aromatic carbocycles. The number of ether oxygens (including phenoxy) is 1. The number of halogens is 1. The van der Waals surface area contributed by atoms with Crippen LogP contribution >= 0.6 is 27.7 Å². The van der Waals surface area contributed by atoms with Gasteiger partial charge in [0.2, 0.25) is 0 Å². The summed E-state index contributed by atoms with van der Waals surface area (Å²) < 4.78 is 7.31. The van der Waals surface area contributed by atoms with Gasteiger partial charge in [0.25, 0.3) is 0 Å². The topological polar surface area (TPSA) is 47.3 Å². The molecule has 3 nitrogen and oxygen atoms in total. The maximum absolute atomic E-state index is 6.20. The summed E-state index contributed by atoms with van der Waals surface area (Å²) in [6.45, 7) is 0.863. The Kier molecular flexibility index (Phi) is 5.27. The van der Waals surface area contributed by atoms with Gasteiger partial charge in [-0.15, -0.1) is 0 Å². The molecule has 2 atom stereocenters. The van der Waals surface area contributed by atoms with Crippen LogP contribution in [0.15, 0.2) is 28.7 Å². The molecule has 1 aromatic rings. The molecule has 2 heterocycles. The molecular formula is C16H23BrN2OS. The van der Waals surface area contributed by atoms with E-state index in [1.165, 1.54) is 29.9 Å². The van der Waals surface area contributed by atoms with Gasteiger partial charge in [-0.2, -0.15) is 11.8 Å². The third-order valence-corrected chi connectivity index (χ3v) is 6.27. The number of nitrogens with one attached hydrogen (secondary N) is 1. The van der Waals surface area contributed by atoms with Crippen molar-refractivity contribution in [3.8, 4) is 0 Å². The van der Waals surface area contributed by atoms with E-state index in [0.29, 0.717) is 5.92 Å². The van der Waals surface area contributed by atoms with E-state index in [1.54, 1.807) is 0 Å². The molecule has 0 radical (unpaired) electrons. The summed E-state index contributed by atoms with van der Waals surface area (Å²) >= 11 is 5.61. The maximum atomic E-state index is 6.20. The first-order valence-electron chi connectivity index (χ1n) is 7.66. The van der Waals surface area contributed by atoms with Gasteiger partial charge in [0, 0.05) is 17.1 Å². The second-order valence-electron chi connectivity index (χ2n) is 6.10. The van der Waals surface area contributed by atoms with Crippen LogP contribution in [0.25, 0.3) is 0 Å². The molecule has 2 saturated heterocycles. The number of rotatable bonds is 3. The summed E-state index contributed by atoms with van der Waals surface area (Å²) in [6.07, 6.45) is 4.57. The van der Waals surface area contributed by atoms with Crippen molar-refractivity contribution in [3.05, 3.63) is 34.3 Å². The van der Waals surface area contributed by atoms with Gasteiger partial charge in [-0.3, -0.25) is 11.3 Å². The number of nitrogens with two attached hydrogens (primary N) is 1. The SMILES string of the molecule is NNC(c1cccc(Br)c1)C1CCOC2(CCSCC2)C1. The molecule has 0 amide bonds. The highest BCUT2D eigenvalue weighted by atomic mass is 79.9. The molecule has 0 saturated carbocycles. The lowest BCUT2D eigenvalue weighted by atomic mass is 9.77. The van der Waals surface area contributed by atoms with E-state index >= 15 is 0 Å². The number of hydrazine groups is 1. The minimum Gasteiger partial charge on any atom is -0.375 e. The van der Waals surface area contributed by atoms with Gasteiger partial charge in [-0.25, -0.2) is 0 Å². The molecule has 3 N–H and O–H groups in total. The Morgan fingerprint density at radius 1 is 1.38 bits per heavy atom. The standard InChI is InChI=1S/C16H23BrN2OS/c17-14-3-1-2-12(10-14)15(19-18)13-4-7-20-16(11-13)5-8-21-9-6-16/h1-3,10,13,15,19H,4-9,11,18H2. The highest BCUT2D eigenvalue weighted by Crippen LogP contribution is 2.43. The smallest absolute Gasteiger partial charge is 0.0701 e. The molecule has 0 aromatic heterocycles. The van der Waals surface area contributed by atoms with Crippen LogP contribution in [0.1, 0.15) is 37.3 Å². The predicted octanol–water partition coefficient (Wildman–Crippen LogP) is 3.65. The van der Waals surface area contributed by atoms with Crippen molar-refractivity contribution < 1.29 is 4.74 Å². The van der Waals surface area contributed by atoms with Gasteiger partial charge < -0.3 is 4.74 Å². The molecule has 2 aliphatic rings. The van der Waals surface area contributed by atoms with Crippen LogP contribution in [0, 0.1) is 5.92 Å². The third kappa shape index (κ3) is 3.64. The van der Waals surface area contributed by atoms with Crippen LogP contribution in [0.4, 0.5) is 0 Å². The molecule has 2 aliphatic heterocycles. The second-order valence-corrected chi connectivity index (χ2v) is 8.24. The minimum atomic E-state index is 0.106. The van der Waals surface area contributed by atoms with Gasteiger partial charge in [-0.05, 0) is 60.8 Å². The number of benzene rings is 1. The first-order valence-corrected chi connectivity index (χ1v) is 9.60. The monoisotopic (exact) mass is 370 g/mol. The maximum Gasteiger partial charge on any atom is 0.0701 e. The van der Waals surface area contributed by atoms with Crippen molar-refractivity contribution >= 4 is 27.7 Å². The Hall–Kier alpha value is -0.0700. The normalized spacial score (nSPS) is 26.7. The van der Waals surface area contributed by atoms with Gasteiger partial charge in [0.15, 0.2) is 0 Å². The molecule has 2 fully saturated rings. The first kappa shape index (κ1) is 15.8. The van der Waals surface area contributed by atoms with Crippen LogP contribution in [-0.2, 0) is 4.74 Å². The molecule has 21 heavy (non-hydrogen) atoms. The Morgan fingerprint density at radius 2 is 2.19 bits per heavy atom. The second kappa shape index (κ2) is 7.01. The highest BCUT2D eigenvalue weighted by molar-refractivity contribution is 9.10. The molecule has 116 valence electrons. The summed E-state index contributed by atoms with van der Waals surface area (Å²) in [7, 11) is 0. The molecule has 0 aliphatic carbocycles. The van der Waals surface area contributed by atoms with Gasteiger partial charge in [0.05, 0.1) is 5.60 Å². The average Bonchev–Trinajstić information content (AvgIpc) is 2.49. The largest absolute Gasteiger partial charge is 0.375 e. The molecule has 0 bridgehead atoms. The summed E-state index contributed by atoms with van der Waals surface area (Å²) in [4.78, 5) is 0. The fourth-order valence-corrected chi connectivity index (χ4v) is 5.30. The Morgan fingerprint density at radius 3 is 2.90 bits per heavy atom. The Labute approximate surface area is 139 Å². The summed E-state index contributed by atoms with van der Waals surface area (Å²) in [6, 6.07) is 8.67. The van der Waals surface area contributed by atoms with Crippen LogP contribution in [0.5, 0.6) is 0 Å². The van der Waals surface area contributed by atoms with E-state index in [0.717, 1.165) is 23.9 Å². The fraction of sp³-hybridized carbons (Fsp3) is 0.625. The van der Waals surface area contributed by atoms with Crippen molar-refractivity contribution in [2.45, 2.75) is 37.3 Å². The van der Waals surface area contributed by atoms with Crippen LogP contribution in [-0.4, -0.2) is 23.7 Å². The van der Waals surface area contributed by atoms with Crippen molar-refractivity contribution in [1.82, 2.24) is 5.43 Å². The fourth-order valence-electron chi connectivity index (χ4n) is 3.65. The molecular weight excluding hydrogens is 348 g/mol. The van der Waals surface area contributed by atoms with E-state index in [9.17, 15) is 0 Å². The van der Waals surface area contributed by atoms with Gasteiger partial charge in [-0.1, -0.05) is 28.1 Å². The van der Waals surface area contributed by atoms with E-state index in [4.69, 9.17) is 10.6 Å². The zero-order chi connectivity index (χ0) is 14.7. The predicted molar refractivity (Wildman–Crippen MR) is 92.2 cm³/mol. The van der Waals surface area contributed by atoms with Gasteiger partial charge >= 0.3 is 0 Å². The van der Waals surface area contributed by atoms with Crippen molar-refractivity contribution in [2.24, 2.45) is 11.8 Å². The minimum absolute atomic E-state index is 0.106. The highest BCUT2D eigenvalue weighted by Gasteiger charge is 2.41. The van der Waals surface area contributed by atoms with E-state index < -0.39 is 0 Å². The molecule has 5 heteroatoms. The summed E-state index contributed by atoms with van der Waals surface area (Å²) in [5.74, 6) is 8.89. The van der Waals surface area contributed by atoms with E-state index in [-0.39, 0.29) is 11.6 Å². The number of hydrogen-bond donors (Lipinski definition) is 2. The van der Waals surface area contributed by atoms with E-state index in [2.05, 4.69) is 45.6 Å². The summed E-state index contributed by atoms with van der Waals surface area (Å²) in [5.41, 5.74) is 4.43.